The number of amides is 3. The molecule has 0 aromatic heterocycles. The van der Waals surface area contributed by atoms with Crippen LogP contribution in [-0.2, 0) is 19.1 Å². The first-order chi connectivity index (χ1) is 16.8. The van der Waals surface area contributed by atoms with Gasteiger partial charge in [0, 0.05) is 26.2 Å². The van der Waals surface area contributed by atoms with Crippen LogP contribution >= 0.6 is 0 Å². The second kappa shape index (κ2) is 10.1. The third-order valence-corrected chi connectivity index (χ3v) is 8.31. The first-order valence-electron chi connectivity index (χ1n) is 13.4. The zero-order valence-corrected chi connectivity index (χ0v) is 21.6. The van der Waals surface area contributed by atoms with Crippen LogP contribution in [0.1, 0.15) is 59.8 Å². The molecule has 8 heteroatoms. The number of rotatable bonds is 9. The van der Waals surface area contributed by atoms with Crippen molar-refractivity contribution in [1.82, 2.24) is 14.7 Å². The van der Waals surface area contributed by atoms with Crippen LogP contribution in [0.4, 0.5) is 0 Å². The van der Waals surface area contributed by atoms with Crippen molar-refractivity contribution < 1.29 is 24.2 Å². The summed E-state index contributed by atoms with van der Waals surface area (Å²) in [5, 5.41) is 10.0. The largest absolute Gasteiger partial charge is 0.394 e. The predicted octanol–water partition coefficient (Wildman–Crippen LogP) is 2.13. The lowest BCUT2D eigenvalue weighted by Gasteiger charge is -2.40. The molecule has 2 fully saturated rings. The maximum Gasteiger partial charge on any atom is 0.249 e. The lowest BCUT2D eigenvalue weighted by molar-refractivity contribution is -0.156. The van der Waals surface area contributed by atoms with E-state index >= 15 is 0 Å². The summed E-state index contributed by atoms with van der Waals surface area (Å²) in [7, 11) is 0. The molecule has 0 aromatic carbocycles. The van der Waals surface area contributed by atoms with E-state index in [1.54, 1.807) is 16.7 Å². The van der Waals surface area contributed by atoms with Crippen molar-refractivity contribution in [3.8, 4) is 0 Å². The van der Waals surface area contributed by atoms with Crippen LogP contribution in [0.15, 0.2) is 24.3 Å². The third kappa shape index (κ3) is 3.93. The third-order valence-electron chi connectivity index (χ3n) is 8.31. The molecule has 0 bridgehead atoms. The number of ether oxygens (including phenoxy) is 1. The summed E-state index contributed by atoms with van der Waals surface area (Å²) in [5.41, 5.74) is -2.19. The zero-order valence-electron chi connectivity index (χ0n) is 21.6. The second-order valence-corrected chi connectivity index (χ2v) is 10.5. The summed E-state index contributed by atoms with van der Waals surface area (Å²) in [6.45, 7) is 9.76. The fraction of sp³-hybridized carbons (Fsp3) is 0.741. The number of fused-ring (bicyclic) bond motifs is 2. The van der Waals surface area contributed by atoms with Crippen molar-refractivity contribution in [2.45, 2.75) is 83.1 Å². The molecule has 2 saturated heterocycles. The first kappa shape index (κ1) is 25.9. The monoisotopic (exact) mass is 487 g/mol. The van der Waals surface area contributed by atoms with Crippen molar-refractivity contribution in [2.75, 3.05) is 32.8 Å². The van der Waals surface area contributed by atoms with Crippen molar-refractivity contribution >= 4 is 17.7 Å². The highest BCUT2D eigenvalue weighted by molar-refractivity contribution is 6.00. The van der Waals surface area contributed by atoms with Crippen molar-refractivity contribution in [1.29, 1.82) is 0 Å². The van der Waals surface area contributed by atoms with E-state index in [1.165, 1.54) is 4.90 Å². The van der Waals surface area contributed by atoms with Gasteiger partial charge in [-0.15, -0.1) is 0 Å². The van der Waals surface area contributed by atoms with Gasteiger partial charge in [-0.25, -0.2) is 0 Å². The molecular formula is C27H41N3O5. The molecule has 35 heavy (non-hydrogen) atoms. The van der Waals surface area contributed by atoms with Crippen LogP contribution in [0.2, 0.25) is 0 Å². The highest BCUT2D eigenvalue weighted by Crippen LogP contribution is 2.58. The number of aliphatic hydroxyl groups excluding tert-OH is 1. The smallest absolute Gasteiger partial charge is 0.249 e. The summed E-state index contributed by atoms with van der Waals surface area (Å²) in [4.78, 5) is 47.3. The van der Waals surface area contributed by atoms with Crippen molar-refractivity contribution in [3.63, 3.8) is 0 Å². The first-order valence-corrected chi connectivity index (χ1v) is 13.4. The average Bonchev–Trinajstić information content (AvgIpc) is 3.16. The molecule has 0 aromatic rings. The van der Waals surface area contributed by atoms with Gasteiger partial charge < -0.3 is 24.5 Å². The average molecular weight is 488 g/mol. The Morgan fingerprint density at radius 3 is 2.26 bits per heavy atom. The Morgan fingerprint density at radius 2 is 1.63 bits per heavy atom. The summed E-state index contributed by atoms with van der Waals surface area (Å²) in [6.07, 6.45) is 12.1. The van der Waals surface area contributed by atoms with Gasteiger partial charge in [0.2, 0.25) is 17.7 Å². The van der Waals surface area contributed by atoms with E-state index in [9.17, 15) is 19.5 Å². The van der Waals surface area contributed by atoms with Crippen molar-refractivity contribution in [2.24, 2.45) is 11.8 Å². The number of hydrogen-bond donors (Lipinski definition) is 1. The minimum absolute atomic E-state index is 0.0870. The predicted molar refractivity (Wildman–Crippen MR) is 132 cm³/mol. The highest BCUT2D eigenvalue weighted by atomic mass is 16.5. The molecule has 4 rings (SSSR count). The van der Waals surface area contributed by atoms with Gasteiger partial charge in [0.05, 0.1) is 30.1 Å². The Kier molecular flexibility index (Phi) is 7.44. The van der Waals surface area contributed by atoms with Crippen molar-refractivity contribution in [3.05, 3.63) is 24.3 Å². The number of aliphatic hydroxyl groups is 1. The maximum absolute atomic E-state index is 14.1. The Morgan fingerprint density at radius 1 is 0.943 bits per heavy atom. The second-order valence-electron chi connectivity index (χ2n) is 10.5. The van der Waals surface area contributed by atoms with Gasteiger partial charge in [-0.1, -0.05) is 57.9 Å². The Hall–Kier alpha value is -2.19. The van der Waals surface area contributed by atoms with Gasteiger partial charge in [-0.2, -0.15) is 0 Å². The Labute approximate surface area is 208 Å². The molecule has 0 radical (unpaired) electrons. The van der Waals surface area contributed by atoms with Gasteiger partial charge >= 0.3 is 0 Å². The normalized spacial score (nSPS) is 35.2. The SMILES string of the molecule is CCCCCN1CC=C[C@]23O[C@@]4(CC)C=CCN(CCC)C(=O)[C@H]4[C@H]2C(=O)N([C@H](C)CO)C3C1=O. The maximum atomic E-state index is 14.1. The molecule has 6 atom stereocenters. The molecule has 4 aliphatic rings. The Bertz CT molecular complexity index is 903. The van der Waals surface area contributed by atoms with Crippen LogP contribution in [0.25, 0.3) is 0 Å². The molecule has 1 N–H and O–H groups in total. The lowest BCUT2D eigenvalue weighted by atomic mass is 9.73. The Balaban J connectivity index is 1.83. The van der Waals surface area contributed by atoms with E-state index in [1.807, 2.05) is 38.2 Å². The zero-order chi connectivity index (χ0) is 25.4. The molecule has 1 spiro atoms. The van der Waals surface area contributed by atoms with E-state index < -0.39 is 35.1 Å². The van der Waals surface area contributed by atoms with Crippen LogP contribution in [0.5, 0.6) is 0 Å². The number of carbonyl (C=O) groups is 3. The standard InChI is InChI=1S/C27H41N3O5/c1-5-8-9-15-29-17-11-13-27-21(24(33)30(19(4)18-31)22(27)25(29)34)20-23(32)28(14-6-2)16-10-12-26(20,7-3)35-27/h10-13,19-22,31H,5-9,14-18H2,1-4H3/t19-,20-,21+,22?,26+,27+/m1/s1. The van der Waals surface area contributed by atoms with E-state index in [0.717, 1.165) is 25.7 Å². The molecule has 8 nitrogen and oxygen atoms in total. The van der Waals surface area contributed by atoms with Crippen LogP contribution < -0.4 is 0 Å². The van der Waals surface area contributed by atoms with E-state index in [-0.39, 0.29) is 24.3 Å². The van der Waals surface area contributed by atoms with Gasteiger partial charge in [0.15, 0.2) is 0 Å². The number of nitrogens with zero attached hydrogens (tertiary/aromatic N) is 3. The molecule has 0 saturated carbocycles. The molecule has 4 heterocycles. The van der Waals surface area contributed by atoms with Crippen LogP contribution in [-0.4, -0.2) is 93.6 Å². The molecule has 3 amide bonds. The summed E-state index contributed by atoms with van der Waals surface area (Å²) in [5.74, 6) is -2.05. The van der Waals surface area contributed by atoms with E-state index in [2.05, 4.69) is 6.92 Å². The minimum atomic E-state index is -1.24. The summed E-state index contributed by atoms with van der Waals surface area (Å²) in [6, 6.07) is -1.47. The number of unbranched alkanes of at least 4 members (excludes halogenated alkanes) is 2. The van der Waals surface area contributed by atoms with Gasteiger partial charge in [0.1, 0.15) is 11.6 Å². The topological polar surface area (TPSA) is 90.4 Å². The molecule has 0 aliphatic carbocycles. The van der Waals surface area contributed by atoms with Crippen LogP contribution in [0, 0.1) is 11.8 Å². The molecule has 1 unspecified atom stereocenters. The number of hydrogen-bond acceptors (Lipinski definition) is 5. The van der Waals surface area contributed by atoms with Gasteiger partial charge in [-0.05, 0) is 26.2 Å². The minimum Gasteiger partial charge on any atom is -0.394 e. The molecule has 194 valence electrons. The summed E-state index contributed by atoms with van der Waals surface area (Å²) >= 11 is 0. The summed E-state index contributed by atoms with van der Waals surface area (Å²) < 4.78 is 6.90. The molecule has 4 aliphatic heterocycles. The molecular weight excluding hydrogens is 446 g/mol. The fourth-order valence-electron chi connectivity index (χ4n) is 6.58. The van der Waals surface area contributed by atoms with E-state index in [0.29, 0.717) is 32.6 Å². The highest BCUT2D eigenvalue weighted by Gasteiger charge is 2.75. The number of likely N-dealkylation sites (tertiary alicyclic amines) is 1. The van der Waals surface area contributed by atoms with Crippen LogP contribution in [0.3, 0.4) is 0 Å². The number of carbonyl (C=O) groups excluding carboxylic acids is 3. The quantitative estimate of drug-likeness (QED) is 0.398. The van der Waals surface area contributed by atoms with Gasteiger partial charge in [-0.3, -0.25) is 14.4 Å². The van der Waals surface area contributed by atoms with E-state index in [4.69, 9.17) is 4.74 Å². The fourth-order valence-corrected chi connectivity index (χ4v) is 6.58. The lowest BCUT2D eigenvalue weighted by Crippen LogP contribution is -2.58. The van der Waals surface area contributed by atoms with Gasteiger partial charge in [0.25, 0.3) is 0 Å².